The van der Waals surface area contributed by atoms with Crippen molar-refractivity contribution in [3.63, 3.8) is 0 Å². The number of anilines is 1. The van der Waals surface area contributed by atoms with Crippen LogP contribution in [0.1, 0.15) is 17.2 Å². The molecule has 118 valence electrons. The first-order valence-corrected chi connectivity index (χ1v) is 6.90. The van der Waals surface area contributed by atoms with Gasteiger partial charge < -0.3 is 10.8 Å². The summed E-state index contributed by atoms with van der Waals surface area (Å²) in [5.41, 5.74) is 8.32. The molecule has 0 spiro atoms. The van der Waals surface area contributed by atoms with Gasteiger partial charge in [-0.15, -0.1) is 0 Å². The van der Waals surface area contributed by atoms with E-state index in [1.807, 2.05) is 12.1 Å². The van der Waals surface area contributed by atoms with Crippen LogP contribution in [0.25, 0.3) is 11.0 Å². The van der Waals surface area contributed by atoms with E-state index in [4.69, 9.17) is 5.73 Å². The molecule has 0 aliphatic heterocycles. The lowest BCUT2D eigenvalue weighted by molar-refractivity contribution is -0.143. The van der Waals surface area contributed by atoms with Crippen LogP contribution in [0.15, 0.2) is 41.2 Å². The maximum atomic E-state index is 11.6. The van der Waals surface area contributed by atoms with E-state index in [-0.39, 0.29) is 0 Å². The van der Waals surface area contributed by atoms with Gasteiger partial charge >= 0.3 is 5.97 Å². The Hall–Kier alpha value is -3.00. The fourth-order valence-electron chi connectivity index (χ4n) is 2.47. The average Bonchev–Trinajstić information content (AvgIpc) is 2.96. The second kappa shape index (κ2) is 6.01. The zero-order valence-electron chi connectivity index (χ0n) is 12.4. The van der Waals surface area contributed by atoms with Gasteiger partial charge in [0.25, 0.3) is 0 Å². The molecule has 8 nitrogen and oxygen atoms in total. The Morgan fingerprint density at radius 2 is 2.09 bits per heavy atom. The summed E-state index contributed by atoms with van der Waals surface area (Å²) in [6.45, 7) is 0.421. The average molecular weight is 313 g/mol. The first-order chi connectivity index (χ1) is 11.0. The van der Waals surface area contributed by atoms with Gasteiger partial charge in [-0.05, 0) is 46.7 Å². The summed E-state index contributed by atoms with van der Waals surface area (Å²) in [6.07, 6.45) is 1.48. The Kier molecular flexibility index (Phi) is 3.90. The smallest absolute Gasteiger partial charge is 0.325 e. The van der Waals surface area contributed by atoms with Crippen molar-refractivity contribution in [2.24, 2.45) is 0 Å². The second-order valence-electron chi connectivity index (χ2n) is 5.26. The second-order valence-corrected chi connectivity index (χ2v) is 5.26. The monoisotopic (exact) mass is 313 g/mol. The van der Waals surface area contributed by atoms with Gasteiger partial charge in [0.1, 0.15) is 22.9 Å². The molecular weight excluding hydrogens is 298 g/mol. The van der Waals surface area contributed by atoms with Crippen molar-refractivity contribution >= 4 is 22.8 Å². The van der Waals surface area contributed by atoms with Crippen molar-refractivity contribution < 1.29 is 14.5 Å². The fourth-order valence-corrected chi connectivity index (χ4v) is 2.47. The lowest BCUT2D eigenvalue weighted by Crippen LogP contribution is -2.30. The number of pyridine rings is 1. The van der Waals surface area contributed by atoms with Crippen molar-refractivity contribution in [3.05, 3.63) is 47.7 Å². The number of carboxylic acid groups (broad SMARTS) is 1. The van der Waals surface area contributed by atoms with Crippen LogP contribution in [-0.4, -0.2) is 38.3 Å². The topological polar surface area (TPSA) is 118 Å². The van der Waals surface area contributed by atoms with Crippen LogP contribution < -0.4 is 5.73 Å². The standard InChI is InChI=1S/C15H15N5O3/c1-20(8-9-2-4-11-12(6-9)19-23-18-11)14(15(21)22)10-3-5-13(16)17-7-10/h2-7,14H,8H2,1H3,(H2,16,17)(H,21,22)/t14-/m0/s1. The largest absolute Gasteiger partial charge is 0.480 e. The van der Waals surface area contributed by atoms with E-state index in [0.717, 1.165) is 5.56 Å². The van der Waals surface area contributed by atoms with E-state index in [9.17, 15) is 9.90 Å². The molecule has 23 heavy (non-hydrogen) atoms. The van der Waals surface area contributed by atoms with Crippen LogP contribution in [0, 0.1) is 0 Å². The summed E-state index contributed by atoms with van der Waals surface area (Å²) >= 11 is 0. The molecule has 1 aromatic carbocycles. The number of hydrogen-bond acceptors (Lipinski definition) is 7. The van der Waals surface area contributed by atoms with Crippen LogP contribution in [0.4, 0.5) is 5.82 Å². The molecule has 3 rings (SSSR count). The summed E-state index contributed by atoms with van der Waals surface area (Å²) in [5, 5.41) is 17.1. The van der Waals surface area contributed by atoms with Gasteiger partial charge in [0.2, 0.25) is 0 Å². The maximum Gasteiger partial charge on any atom is 0.325 e. The molecule has 0 unspecified atom stereocenters. The molecule has 0 bridgehead atoms. The molecule has 0 saturated heterocycles. The molecule has 2 heterocycles. The number of nitrogens with zero attached hydrogens (tertiary/aromatic N) is 4. The van der Waals surface area contributed by atoms with Crippen LogP contribution in [-0.2, 0) is 11.3 Å². The number of nitrogen functional groups attached to an aromatic ring is 1. The molecule has 0 aliphatic rings. The molecule has 0 radical (unpaired) electrons. The Balaban J connectivity index is 1.84. The lowest BCUT2D eigenvalue weighted by atomic mass is 10.1. The highest BCUT2D eigenvalue weighted by atomic mass is 16.6. The van der Waals surface area contributed by atoms with Crippen molar-refractivity contribution in [1.82, 2.24) is 20.2 Å². The minimum atomic E-state index is -0.955. The van der Waals surface area contributed by atoms with Crippen LogP contribution in [0.5, 0.6) is 0 Å². The first-order valence-electron chi connectivity index (χ1n) is 6.90. The molecule has 8 heteroatoms. The third kappa shape index (κ3) is 3.11. The van der Waals surface area contributed by atoms with E-state index >= 15 is 0 Å². The molecule has 0 saturated carbocycles. The van der Waals surface area contributed by atoms with Crippen molar-refractivity contribution in [3.8, 4) is 0 Å². The molecule has 3 N–H and O–H groups in total. The third-order valence-corrected chi connectivity index (χ3v) is 3.55. The molecule has 0 amide bonds. The quantitative estimate of drug-likeness (QED) is 0.726. The minimum absolute atomic E-state index is 0.351. The summed E-state index contributed by atoms with van der Waals surface area (Å²) in [6, 6.07) is 7.91. The predicted molar refractivity (Wildman–Crippen MR) is 82.3 cm³/mol. The Labute approximate surface area is 131 Å². The van der Waals surface area contributed by atoms with Crippen molar-refractivity contribution in [2.45, 2.75) is 12.6 Å². The zero-order chi connectivity index (χ0) is 16.4. The number of carbonyl (C=O) groups is 1. The number of nitrogens with two attached hydrogens (primary N) is 1. The van der Waals surface area contributed by atoms with Crippen LogP contribution in [0.3, 0.4) is 0 Å². The number of carboxylic acids is 1. The van der Waals surface area contributed by atoms with Gasteiger partial charge in [-0.2, -0.15) is 0 Å². The van der Waals surface area contributed by atoms with E-state index < -0.39 is 12.0 Å². The number of rotatable bonds is 5. The lowest BCUT2D eigenvalue weighted by Gasteiger charge is -2.24. The first kappa shape index (κ1) is 14.9. The maximum absolute atomic E-state index is 11.6. The Morgan fingerprint density at radius 1 is 1.30 bits per heavy atom. The van der Waals surface area contributed by atoms with E-state index in [1.165, 1.54) is 6.20 Å². The van der Waals surface area contributed by atoms with Crippen LogP contribution >= 0.6 is 0 Å². The molecule has 2 aromatic heterocycles. The summed E-state index contributed by atoms with van der Waals surface area (Å²) in [5.74, 6) is -0.604. The number of aromatic nitrogens is 3. The Morgan fingerprint density at radius 3 is 2.78 bits per heavy atom. The van der Waals surface area contributed by atoms with Gasteiger partial charge in [-0.3, -0.25) is 9.69 Å². The highest BCUT2D eigenvalue weighted by Crippen LogP contribution is 2.22. The van der Waals surface area contributed by atoms with E-state index in [2.05, 4.69) is 19.9 Å². The highest BCUT2D eigenvalue weighted by molar-refractivity contribution is 5.76. The van der Waals surface area contributed by atoms with Gasteiger partial charge in [0.05, 0.1) is 0 Å². The molecule has 3 aromatic rings. The summed E-state index contributed by atoms with van der Waals surface area (Å²) in [4.78, 5) is 17.3. The van der Waals surface area contributed by atoms with Gasteiger partial charge in [0.15, 0.2) is 0 Å². The molecule has 0 fully saturated rings. The van der Waals surface area contributed by atoms with E-state index in [0.29, 0.717) is 29.0 Å². The number of likely N-dealkylation sites (N-methyl/N-ethyl adjacent to an activating group) is 1. The number of aliphatic carboxylic acids is 1. The molecule has 0 aliphatic carbocycles. The zero-order valence-corrected chi connectivity index (χ0v) is 12.4. The van der Waals surface area contributed by atoms with Gasteiger partial charge in [0, 0.05) is 12.7 Å². The normalized spacial score (nSPS) is 12.6. The highest BCUT2D eigenvalue weighted by Gasteiger charge is 2.25. The van der Waals surface area contributed by atoms with Crippen LogP contribution in [0.2, 0.25) is 0 Å². The third-order valence-electron chi connectivity index (χ3n) is 3.55. The number of fused-ring (bicyclic) bond motifs is 1. The van der Waals surface area contributed by atoms with Gasteiger partial charge in [-0.25, -0.2) is 9.61 Å². The number of benzene rings is 1. The van der Waals surface area contributed by atoms with E-state index in [1.54, 1.807) is 30.1 Å². The van der Waals surface area contributed by atoms with Crippen molar-refractivity contribution in [2.75, 3.05) is 12.8 Å². The SMILES string of the molecule is CN(Cc1ccc2nonc2c1)[C@H](C(=O)O)c1ccc(N)nc1. The summed E-state index contributed by atoms with van der Waals surface area (Å²) < 4.78 is 4.66. The molecule has 1 atom stereocenters. The van der Waals surface area contributed by atoms with Gasteiger partial charge in [-0.1, -0.05) is 12.1 Å². The number of hydrogen-bond donors (Lipinski definition) is 2. The molecular formula is C15H15N5O3. The summed E-state index contributed by atoms with van der Waals surface area (Å²) in [7, 11) is 1.74. The minimum Gasteiger partial charge on any atom is -0.480 e. The Bertz CT molecular complexity index is 831. The van der Waals surface area contributed by atoms with Crippen molar-refractivity contribution in [1.29, 1.82) is 0 Å². The fraction of sp³-hybridized carbons (Fsp3) is 0.200. The predicted octanol–water partition coefficient (Wildman–Crippen LogP) is 1.46.